The van der Waals surface area contributed by atoms with E-state index < -0.39 is 0 Å². The van der Waals surface area contributed by atoms with E-state index in [0.29, 0.717) is 48.3 Å². The predicted octanol–water partition coefficient (Wildman–Crippen LogP) is 3.38. The number of nitrogens with zero attached hydrogens (tertiary/aromatic N) is 3. The third-order valence-corrected chi connectivity index (χ3v) is 6.15. The third-order valence-electron chi connectivity index (χ3n) is 6.15. The van der Waals surface area contributed by atoms with Crippen LogP contribution in [0.1, 0.15) is 21.8 Å². The molecule has 190 valence electrons. The fourth-order valence-electron chi connectivity index (χ4n) is 4.01. The van der Waals surface area contributed by atoms with Gasteiger partial charge < -0.3 is 29.4 Å². The van der Waals surface area contributed by atoms with Crippen LogP contribution >= 0.6 is 0 Å². The zero-order chi connectivity index (χ0) is 25.7. The van der Waals surface area contributed by atoms with Crippen LogP contribution in [-0.2, 0) is 6.54 Å². The van der Waals surface area contributed by atoms with Gasteiger partial charge in [0.2, 0.25) is 5.89 Å². The summed E-state index contributed by atoms with van der Waals surface area (Å²) in [6.07, 6.45) is 0. The molecule has 1 fully saturated rings. The topological polar surface area (TPSA) is 109 Å². The summed E-state index contributed by atoms with van der Waals surface area (Å²) in [7, 11) is 4.74. The number of carbonyl (C=O) groups is 2. The Morgan fingerprint density at radius 2 is 1.64 bits per heavy atom. The number of aryl methyl sites for hydroxylation is 1. The van der Waals surface area contributed by atoms with E-state index in [0.717, 1.165) is 30.1 Å². The minimum Gasteiger partial charge on any atom is -0.497 e. The largest absolute Gasteiger partial charge is 0.497 e. The molecule has 2 aromatic carbocycles. The summed E-state index contributed by atoms with van der Waals surface area (Å²) in [6, 6.07) is 12.3. The second kappa shape index (κ2) is 11.1. The first-order valence-electron chi connectivity index (χ1n) is 11.7. The Hall–Kier alpha value is -4.05. The number of hydrogen-bond donors (Lipinski definition) is 2. The monoisotopic (exact) mass is 493 g/mol. The summed E-state index contributed by atoms with van der Waals surface area (Å²) in [5.74, 6) is 2.37. The van der Waals surface area contributed by atoms with E-state index >= 15 is 0 Å². The van der Waals surface area contributed by atoms with E-state index in [2.05, 4.69) is 20.5 Å². The number of rotatable bonds is 7. The SMILES string of the molecule is CNC(=O)c1ccc(-c2nc(CN3CCN(C(=O)Nc4cc(OC)cc(OC)c4)CC3)c(C)o2)cc1. The Balaban J connectivity index is 1.33. The van der Waals surface area contributed by atoms with Gasteiger partial charge in [-0.25, -0.2) is 9.78 Å². The molecule has 10 nitrogen and oxygen atoms in total. The molecule has 2 N–H and O–H groups in total. The number of anilines is 1. The highest BCUT2D eigenvalue weighted by Gasteiger charge is 2.23. The maximum atomic E-state index is 12.8. The molecule has 0 aliphatic carbocycles. The number of oxazole rings is 1. The molecule has 3 aromatic rings. The number of amides is 3. The molecule has 36 heavy (non-hydrogen) atoms. The lowest BCUT2D eigenvalue weighted by atomic mass is 10.1. The number of hydrogen-bond acceptors (Lipinski definition) is 7. The fraction of sp³-hybridized carbons (Fsp3) is 0.346. The molecule has 3 amide bonds. The third kappa shape index (κ3) is 5.77. The lowest BCUT2D eigenvalue weighted by Crippen LogP contribution is -2.49. The zero-order valence-corrected chi connectivity index (χ0v) is 21.0. The van der Waals surface area contributed by atoms with Crippen LogP contribution < -0.4 is 20.1 Å². The second-order valence-electron chi connectivity index (χ2n) is 8.47. The maximum Gasteiger partial charge on any atom is 0.321 e. The lowest BCUT2D eigenvalue weighted by Gasteiger charge is -2.34. The summed E-state index contributed by atoms with van der Waals surface area (Å²) in [4.78, 5) is 33.3. The van der Waals surface area contributed by atoms with Crippen LogP contribution in [0.25, 0.3) is 11.5 Å². The minimum absolute atomic E-state index is 0.137. The quantitative estimate of drug-likeness (QED) is 0.519. The van der Waals surface area contributed by atoms with E-state index in [9.17, 15) is 9.59 Å². The van der Waals surface area contributed by atoms with Gasteiger partial charge in [0.1, 0.15) is 17.3 Å². The molecular formula is C26H31N5O5. The normalized spacial score (nSPS) is 13.8. The highest BCUT2D eigenvalue weighted by atomic mass is 16.5. The first-order chi connectivity index (χ1) is 17.4. The van der Waals surface area contributed by atoms with Gasteiger partial charge in [0.25, 0.3) is 5.91 Å². The molecule has 0 unspecified atom stereocenters. The lowest BCUT2D eigenvalue weighted by molar-refractivity contribution is 0.0963. The van der Waals surface area contributed by atoms with Crippen LogP contribution in [0.2, 0.25) is 0 Å². The van der Waals surface area contributed by atoms with E-state index in [4.69, 9.17) is 13.9 Å². The maximum absolute atomic E-state index is 12.8. The molecule has 0 saturated carbocycles. The molecule has 1 aromatic heterocycles. The Labute approximate surface area is 210 Å². The Morgan fingerprint density at radius 1 is 1.00 bits per heavy atom. The van der Waals surface area contributed by atoms with Gasteiger partial charge >= 0.3 is 6.03 Å². The van der Waals surface area contributed by atoms with Gasteiger partial charge in [-0.15, -0.1) is 0 Å². The number of ether oxygens (including phenoxy) is 2. The first kappa shape index (κ1) is 25.1. The second-order valence-corrected chi connectivity index (χ2v) is 8.47. The van der Waals surface area contributed by atoms with Crippen molar-refractivity contribution in [3.8, 4) is 23.0 Å². The molecule has 0 atom stereocenters. The Morgan fingerprint density at radius 3 is 2.22 bits per heavy atom. The molecular weight excluding hydrogens is 462 g/mol. The molecule has 1 saturated heterocycles. The van der Waals surface area contributed by atoms with Crippen molar-refractivity contribution in [3.05, 3.63) is 59.5 Å². The summed E-state index contributed by atoms with van der Waals surface area (Å²) < 4.78 is 16.4. The van der Waals surface area contributed by atoms with E-state index in [1.165, 1.54) is 0 Å². The summed E-state index contributed by atoms with van der Waals surface area (Å²) >= 11 is 0. The van der Waals surface area contributed by atoms with Crippen LogP contribution in [0.3, 0.4) is 0 Å². The van der Waals surface area contributed by atoms with Crippen molar-refractivity contribution in [2.24, 2.45) is 0 Å². The van der Waals surface area contributed by atoms with Crippen molar-refractivity contribution in [3.63, 3.8) is 0 Å². The number of urea groups is 1. The van der Waals surface area contributed by atoms with Gasteiger partial charge in [-0.2, -0.15) is 0 Å². The summed E-state index contributed by atoms with van der Waals surface area (Å²) in [5.41, 5.74) is 2.87. The Kier molecular flexibility index (Phi) is 7.74. The number of carbonyl (C=O) groups excluding carboxylic acids is 2. The van der Waals surface area contributed by atoms with E-state index in [-0.39, 0.29) is 11.9 Å². The Bertz CT molecular complexity index is 1190. The zero-order valence-electron chi connectivity index (χ0n) is 21.0. The number of aromatic nitrogens is 1. The van der Waals surface area contributed by atoms with Crippen molar-refractivity contribution in [1.82, 2.24) is 20.1 Å². The van der Waals surface area contributed by atoms with E-state index in [1.54, 1.807) is 56.5 Å². The molecule has 1 aliphatic heterocycles. The van der Waals surface area contributed by atoms with Gasteiger partial charge in [0.15, 0.2) is 0 Å². The average Bonchev–Trinajstić information content (AvgIpc) is 3.28. The standard InChI is InChI=1S/C26H31N5O5/c1-17-23(29-25(36-17)19-7-5-18(6-8-19)24(32)27-2)16-30-9-11-31(12-10-30)26(33)28-20-13-21(34-3)15-22(14-20)35-4/h5-8,13-15H,9-12,16H2,1-4H3,(H,27,32)(H,28,33). The van der Waals surface area contributed by atoms with Crippen molar-refractivity contribution < 1.29 is 23.5 Å². The van der Waals surface area contributed by atoms with Crippen molar-refractivity contribution in [1.29, 1.82) is 0 Å². The fourth-order valence-corrected chi connectivity index (χ4v) is 4.01. The van der Waals surface area contributed by atoms with Gasteiger partial charge in [0.05, 0.1) is 19.9 Å². The van der Waals surface area contributed by atoms with Gasteiger partial charge in [-0.3, -0.25) is 9.69 Å². The molecule has 0 radical (unpaired) electrons. The van der Waals surface area contributed by atoms with Crippen molar-refractivity contribution in [2.75, 3.05) is 52.8 Å². The summed E-state index contributed by atoms with van der Waals surface area (Å²) in [6.45, 7) is 5.16. The predicted molar refractivity (Wildman–Crippen MR) is 135 cm³/mol. The molecule has 0 spiro atoms. The number of nitrogens with one attached hydrogen (secondary N) is 2. The molecule has 2 heterocycles. The summed E-state index contributed by atoms with van der Waals surface area (Å²) in [5, 5.41) is 5.54. The van der Waals surface area contributed by atoms with Crippen LogP contribution in [-0.4, -0.2) is 74.2 Å². The number of benzene rings is 2. The highest BCUT2D eigenvalue weighted by molar-refractivity contribution is 5.94. The van der Waals surface area contributed by atoms with Crippen LogP contribution in [0.5, 0.6) is 11.5 Å². The van der Waals surface area contributed by atoms with Crippen molar-refractivity contribution in [2.45, 2.75) is 13.5 Å². The highest BCUT2D eigenvalue weighted by Crippen LogP contribution is 2.26. The van der Waals surface area contributed by atoms with E-state index in [1.807, 2.05) is 19.1 Å². The molecule has 10 heteroatoms. The van der Waals surface area contributed by atoms with Gasteiger partial charge in [0, 0.05) is 74.8 Å². The van der Waals surface area contributed by atoms with Crippen LogP contribution in [0.4, 0.5) is 10.5 Å². The van der Waals surface area contributed by atoms with Crippen molar-refractivity contribution >= 4 is 17.6 Å². The molecule has 0 bridgehead atoms. The molecule has 1 aliphatic rings. The number of methoxy groups -OCH3 is 2. The van der Waals surface area contributed by atoms with Gasteiger partial charge in [-0.05, 0) is 31.2 Å². The van der Waals surface area contributed by atoms with Gasteiger partial charge in [-0.1, -0.05) is 0 Å². The van der Waals surface area contributed by atoms with Crippen LogP contribution in [0, 0.1) is 6.92 Å². The first-order valence-corrected chi connectivity index (χ1v) is 11.7. The van der Waals surface area contributed by atoms with Crippen LogP contribution in [0.15, 0.2) is 46.9 Å². The minimum atomic E-state index is -0.162. The smallest absolute Gasteiger partial charge is 0.321 e. The molecule has 4 rings (SSSR count). The average molecular weight is 494 g/mol. The number of piperazine rings is 1.